The maximum absolute atomic E-state index is 12.7. The van der Waals surface area contributed by atoms with Crippen molar-refractivity contribution >= 4 is 28.3 Å². The summed E-state index contributed by atoms with van der Waals surface area (Å²) in [5, 5.41) is 0. The first-order chi connectivity index (χ1) is 7.29. The van der Waals surface area contributed by atoms with Gasteiger partial charge < -0.3 is 5.73 Å². The molecule has 2 N–H and O–H groups in total. The Morgan fingerprint density at radius 1 is 1.29 bits per heavy atom. The van der Waals surface area contributed by atoms with Gasteiger partial charge in [0.25, 0.3) is 0 Å². The average molecular weight is 337 g/mol. The van der Waals surface area contributed by atoms with E-state index in [9.17, 15) is 17.6 Å². The van der Waals surface area contributed by atoms with E-state index in [1.54, 1.807) is 0 Å². The number of alkyl halides is 3. The lowest BCUT2D eigenvalue weighted by Crippen LogP contribution is -2.16. The third kappa shape index (κ3) is 5.70. The molecule has 1 aromatic carbocycles. The van der Waals surface area contributed by atoms with Gasteiger partial charge in [-0.05, 0) is 24.1 Å². The summed E-state index contributed by atoms with van der Waals surface area (Å²) in [7, 11) is 0. The summed E-state index contributed by atoms with van der Waals surface area (Å²) in [4.78, 5) is 0. The Bertz CT molecular complexity index is 370. The van der Waals surface area contributed by atoms with Crippen LogP contribution in [0.2, 0.25) is 0 Å². The Morgan fingerprint density at radius 3 is 2.35 bits per heavy atom. The van der Waals surface area contributed by atoms with Crippen LogP contribution in [0.4, 0.5) is 17.6 Å². The number of benzene rings is 1. The van der Waals surface area contributed by atoms with Crippen molar-refractivity contribution in [2.75, 3.05) is 0 Å². The second kappa shape index (κ2) is 6.56. The van der Waals surface area contributed by atoms with Crippen molar-refractivity contribution < 1.29 is 17.6 Å². The number of hydrogen-bond donors (Lipinski definition) is 1. The van der Waals surface area contributed by atoms with Crippen LogP contribution in [0.1, 0.15) is 24.4 Å². The monoisotopic (exact) mass is 335 g/mol. The molecule has 17 heavy (non-hydrogen) atoms. The summed E-state index contributed by atoms with van der Waals surface area (Å²) in [5.74, 6) is -0.460. The lowest BCUT2D eigenvalue weighted by molar-refractivity contribution is -0.136. The number of halogens is 6. The molecule has 1 rings (SSSR count). The Balaban J connectivity index is 0.00000256. The highest BCUT2D eigenvalue weighted by atomic mass is 79.9. The molecule has 0 aromatic heterocycles. The smallest absolute Gasteiger partial charge is 0.324 e. The van der Waals surface area contributed by atoms with Gasteiger partial charge >= 0.3 is 6.18 Å². The predicted molar refractivity (Wildman–Crippen MR) is 63.6 cm³/mol. The Kier molecular flexibility index (Phi) is 6.43. The van der Waals surface area contributed by atoms with Gasteiger partial charge in [0, 0.05) is 16.9 Å². The maximum atomic E-state index is 12.7. The Labute approximate surface area is 111 Å². The first kappa shape index (κ1) is 16.7. The van der Waals surface area contributed by atoms with Crippen LogP contribution >= 0.6 is 28.3 Å². The normalized spacial score (nSPS) is 13.1. The maximum Gasteiger partial charge on any atom is 0.389 e. The van der Waals surface area contributed by atoms with Gasteiger partial charge in [-0.2, -0.15) is 13.2 Å². The van der Waals surface area contributed by atoms with Gasteiger partial charge in [-0.25, -0.2) is 4.39 Å². The molecule has 0 fully saturated rings. The fourth-order valence-electron chi connectivity index (χ4n) is 1.28. The predicted octanol–water partition coefficient (Wildman–Crippen LogP) is 4.35. The number of hydrogen-bond acceptors (Lipinski definition) is 1. The highest BCUT2D eigenvalue weighted by molar-refractivity contribution is 9.10. The van der Waals surface area contributed by atoms with E-state index in [0.717, 1.165) is 0 Å². The summed E-state index contributed by atoms with van der Waals surface area (Å²) >= 11 is 3.07. The largest absolute Gasteiger partial charge is 0.389 e. The minimum atomic E-state index is -4.22. The van der Waals surface area contributed by atoms with E-state index in [0.29, 0.717) is 10.0 Å². The fourth-order valence-corrected chi connectivity index (χ4v) is 1.92. The molecule has 0 spiro atoms. The van der Waals surface area contributed by atoms with Crippen LogP contribution in [0, 0.1) is 5.82 Å². The summed E-state index contributed by atoms with van der Waals surface area (Å²) in [6, 6.07) is 2.99. The van der Waals surface area contributed by atoms with E-state index in [-0.39, 0.29) is 18.8 Å². The molecule has 0 aliphatic heterocycles. The van der Waals surface area contributed by atoms with Crippen molar-refractivity contribution in [2.24, 2.45) is 5.73 Å². The van der Waals surface area contributed by atoms with Gasteiger partial charge in [0.15, 0.2) is 0 Å². The molecule has 0 radical (unpaired) electrons. The lowest BCUT2D eigenvalue weighted by Gasteiger charge is -2.15. The zero-order chi connectivity index (χ0) is 12.3. The lowest BCUT2D eigenvalue weighted by atomic mass is 10.0. The van der Waals surface area contributed by atoms with Gasteiger partial charge in [0.05, 0.1) is 0 Å². The molecule has 0 bridgehead atoms. The average Bonchev–Trinajstić information content (AvgIpc) is 2.13. The van der Waals surface area contributed by atoms with E-state index < -0.39 is 24.5 Å². The van der Waals surface area contributed by atoms with Crippen LogP contribution in [0.5, 0.6) is 0 Å². The highest BCUT2D eigenvalue weighted by Gasteiger charge is 2.28. The molecular formula is C10H11BrClF4N. The highest BCUT2D eigenvalue weighted by Crippen LogP contribution is 2.29. The zero-order valence-electron chi connectivity index (χ0n) is 8.60. The SMILES string of the molecule is Cl.N[C@H](CCC(F)(F)F)c1ccc(F)cc1Br. The summed E-state index contributed by atoms with van der Waals surface area (Å²) in [5.41, 5.74) is 6.08. The first-order valence-corrected chi connectivity index (χ1v) is 5.36. The quantitative estimate of drug-likeness (QED) is 0.816. The molecule has 0 aliphatic carbocycles. The number of nitrogens with two attached hydrogens (primary N) is 1. The molecule has 0 amide bonds. The van der Waals surface area contributed by atoms with Crippen molar-refractivity contribution in [3.05, 3.63) is 34.1 Å². The minimum absolute atomic E-state index is 0. The van der Waals surface area contributed by atoms with Crippen molar-refractivity contribution in [3.8, 4) is 0 Å². The second-order valence-electron chi connectivity index (χ2n) is 3.43. The molecular weight excluding hydrogens is 325 g/mol. The minimum Gasteiger partial charge on any atom is -0.324 e. The molecule has 98 valence electrons. The molecule has 0 aliphatic rings. The molecule has 0 saturated carbocycles. The van der Waals surface area contributed by atoms with Crippen molar-refractivity contribution in [1.29, 1.82) is 0 Å². The molecule has 1 atom stereocenters. The Morgan fingerprint density at radius 2 is 1.88 bits per heavy atom. The van der Waals surface area contributed by atoms with Gasteiger partial charge in [-0.1, -0.05) is 22.0 Å². The van der Waals surface area contributed by atoms with Crippen LogP contribution < -0.4 is 5.73 Å². The van der Waals surface area contributed by atoms with Crippen LogP contribution in [0.15, 0.2) is 22.7 Å². The third-order valence-electron chi connectivity index (χ3n) is 2.10. The van der Waals surface area contributed by atoms with Crippen molar-refractivity contribution in [3.63, 3.8) is 0 Å². The molecule has 0 saturated heterocycles. The van der Waals surface area contributed by atoms with E-state index in [1.165, 1.54) is 18.2 Å². The van der Waals surface area contributed by atoms with Crippen LogP contribution in [0.25, 0.3) is 0 Å². The van der Waals surface area contributed by atoms with E-state index in [1.807, 2.05) is 0 Å². The molecule has 1 nitrogen and oxygen atoms in total. The second-order valence-corrected chi connectivity index (χ2v) is 4.28. The van der Waals surface area contributed by atoms with Crippen LogP contribution in [-0.2, 0) is 0 Å². The summed E-state index contributed by atoms with van der Waals surface area (Å²) < 4.78 is 49.0. The van der Waals surface area contributed by atoms with Crippen LogP contribution in [-0.4, -0.2) is 6.18 Å². The van der Waals surface area contributed by atoms with Crippen LogP contribution in [0.3, 0.4) is 0 Å². The van der Waals surface area contributed by atoms with Gasteiger partial charge in [-0.15, -0.1) is 12.4 Å². The zero-order valence-corrected chi connectivity index (χ0v) is 11.0. The topological polar surface area (TPSA) is 26.0 Å². The van der Waals surface area contributed by atoms with Gasteiger partial charge in [0.1, 0.15) is 5.82 Å². The molecule has 7 heteroatoms. The summed E-state index contributed by atoms with van der Waals surface area (Å²) in [6.07, 6.45) is -5.38. The standard InChI is InChI=1S/C10H10BrF4N.ClH/c11-8-5-6(12)1-2-7(8)9(16)3-4-10(13,14)15;/h1-2,5,9H,3-4,16H2;1H/t9-;/m1./s1. The Hall–Kier alpha value is -0.330. The van der Waals surface area contributed by atoms with E-state index in [4.69, 9.17) is 5.73 Å². The van der Waals surface area contributed by atoms with E-state index in [2.05, 4.69) is 15.9 Å². The van der Waals surface area contributed by atoms with Gasteiger partial charge in [0.2, 0.25) is 0 Å². The van der Waals surface area contributed by atoms with Gasteiger partial charge in [-0.3, -0.25) is 0 Å². The molecule has 1 aromatic rings. The third-order valence-corrected chi connectivity index (χ3v) is 2.79. The van der Waals surface area contributed by atoms with Crippen molar-refractivity contribution in [1.82, 2.24) is 0 Å². The summed E-state index contributed by atoms with van der Waals surface area (Å²) in [6.45, 7) is 0. The molecule has 0 heterocycles. The fraction of sp³-hybridized carbons (Fsp3) is 0.400. The van der Waals surface area contributed by atoms with E-state index >= 15 is 0 Å². The van der Waals surface area contributed by atoms with Crippen molar-refractivity contribution in [2.45, 2.75) is 25.1 Å². The first-order valence-electron chi connectivity index (χ1n) is 4.57. The number of rotatable bonds is 3. The molecule has 0 unspecified atom stereocenters.